The number of carbonyl (C=O) groups excluding carboxylic acids is 2. The Labute approximate surface area is 185 Å². The number of hydrazine groups is 1. The van der Waals surface area contributed by atoms with Crippen LogP contribution < -0.4 is 25.0 Å². The molecular weight excluding hydrogens is 434 g/mol. The second kappa shape index (κ2) is 9.84. The van der Waals surface area contributed by atoms with Gasteiger partial charge in [0.2, 0.25) is 0 Å². The second-order valence-electron chi connectivity index (χ2n) is 6.44. The number of hydrogen-bond acceptors (Lipinski definition) is 6. The van der Waals surface area contributed by atoms with E-state index in [4.69, 9.17) is 9.47 Å². The third-order valence-electron chi connectivity index (χ3n) is 4.40. The summed E-state index contributed by atoms with van der Waals surface area (Å²) < 4.78 is 38.3. The van der Waals surface area contributed by atoms with E-state index in [0.717, 1.165) is 0 Å². The SMILES string of the molecule is COc1ccccc1NS(=O)(=O)c1cccc(C(=O)NNC(=O)c2ccccc2OC)c1. The fourth-order valence-electron chi connectivity index (χ4n) is 2.82. The van der Waals surface area contributed by atoms with Gasteiger partial charge < -0.3 is 9.47 Å². The van der Waals surface area contributed by atoms with Crippen molar-refractivity contribution in [2.24, 2.45) is 0 Å². The van der Waals surface area contributed by atoms with E-state index < -0.39 is 21.8 Å². The van der Waals surface area contributed by atoms with Crippen molar-refractivity contribution in [2.75, 3.05) is 18.9 Å². The molecule has 0 unspecified atom stereocenters. The van der Waals surface area contributed by atoms with Crippen molar-refractivity contribution in [3.05, 3.63) is 83.9 Å². The van der Waals surface area contributed by atoms with E-state index >= 15 is 0 Å². The number of rotatable bonds is 7. The third-order valence-corrected chi connectivity index (χ3v) is 5.76. The lowest BCUT2D eigenvalue weighted by atomic mass is 10.2. The van der Waals surface area contributed by atoms with Gasteiger partial charge in [0.15, 0.2) is 0 Å². The minimum absolute atomic E-state index is 0.0354. The second-order valence-corrected chi connectivity index (χ2v) is 8.12. The Morgan fingerprint density at radius 3 is 2.09 bits per heavy atom. The van der Waals surface area contributed by atoms with E-state index in [2.05, 4.69) is 15.6 Å². The standard InChI is InChI=1S/C22H21N3O6S/c1-30-19-12-5-3-10-17(19)22(27)24-23-21(26)15-8-7-9-16(14-15)32(28,29)25-18-11-4-6-13-20(18)31-2/h3-14,25H,1-2H3,(H,23,26)(H,24,27). The number of anilines is 1. The van der Waals surface area contributed by atoms with Crippen molar-refractivity contribution in [1.82, 2.24) is 10.9 Å². The van der Waals surface area contributed by atoms with Gasteiger partial charge in [-0.1, -0.05) is 30.3 Å². The molecule has 0 radical (unpaired) electrons. The van der Waals surface area contributed by atoms with Gasteiger partial charge in [0.05, 0.1) is 30.4 Å². The molecule has 9 nitrogen and oxygen atoms in total. The number of nitrogens with one attached hydrogen (secondary N) is 3. The first-order valence-electron chi connectivity index (χ1n) is 9.35. The van der Waals surface area contributed by atoms with E-state index in [1.54, 1.807) is 42.5 Å². The first-order chi connectivity index (χ1) is 15.4. The van der Waals surface area contributed by atoms with Crippen LogP contribution in [0.4, 0.5) is 5.69 Å². The summed E-state index contributed by atoms with van der Waals surface area (Å²) in [5.41, 5.74) is 5.07. The Bertz CT molecular complexity index is 1240. The number of para-hydroxylation sites is 3. The van der Waals surface area contributed by atoms with Crippen LogP contribution in [0, 0.1) is 0 Å². The smallest absolute Gasteiger partial charge is 0.273 e. The third kappa shape index (κ3) is 5.16. The zero-order valence-corrected chi connectivity index (χ0v) is 18.1. The average Bonchev–Trinajstić information content (AvgIpc) is 2.82. The molecule has 3 rings (SSSR count). The predicted octanol–water partition coefficient (Wildman–Crippen LogP) is 2.58. The molecule has 0 fully saturated rings. The van der Waals surface area contributed by atoms with Crippen LogP contribution in [0.3, 0.4) is 0 Å². The molecule has 0 aromatic heterocycles. The van der Waals surface area contributed by atoms with Gasteiger partial charge in [-0.15, -0.1) is 0 Å². The topological polar surface area (TPSA) is 123 Å². The van der Waals surface area contributed by atoms with Crippen molar-refractivity contribution in [1.29, 1.82) is 0 Å². The predicted molar refractivity (Wildman–Crippen MR) is 118 cm³/mol. The normalized spacial score (nSPS) is 10.7. The molecule has 0 aliphatic rings. The van der Waals surface area contributed by atoms with Crippen LogP contribution in [0.15, 0.2) is 77.7 Å². The average molecular weight is 455 g/mol. The maximum atomic E-state index is 12.8. The summed E-state index contributed by atoms with van der Waals surface area (Å²) in [5, 5.41) is 0. The minimum Gasteiger partial charge on any atom is -0.496 e. The van der Waals surface area contributed by atoms with Crippen molar-refractivity contribution >= 4 is 27.5 Å². The molecule has 32 heavy (non-hydrogen) atoms. The van der Waals surface area contributed by atoms with Gasteiger partial charge in [-0.25, -0.2) is 8.42 Å². The molecule has 2 amide bonds. The first-order valence-corrected chi connectivity index (χ1v) is 10.8. The summed E-state index contributed by atoms with van der Waals surface area (Å²) in [6.45, 7) is 0. The van der Waals surface area contributed by atoms with E-state index in [0.29, 0.717) is 11.5 Å². The lowest BCUT2D eigenvalue weighted by molar-refractivity contribution is 0.0845. The number of ether oxygens (including phenoxy) is 2. The van der Waals surface area contributed by atoms with E-state index in [-0.39, 0.29) is 21.7 Å². The number of amides is 2. The Kier molecular flexibility index (Phi) is 6.96. The van der Waals surface area contributed by atoms with Gasteiger partial charge in [0, 0.05) is 5.56 Å². The lowest BCUT2D eigenvalue weighted by Crippen LogP contribution is -2.41. The van der Waals surface area contributed by atoms with Crippen LogP contribution >= 0.6 is 0 Å². The van der Waals surface area contributed by atoms with Crippen LogP contribution in [-0.4, -0.2) is 34.5 Å². The number of methoxy groups -OCH3 is 2. The summed E-state index contributed by atoms with van der Waals surface area (Å²) in [4.78, 5) is 24.7. The maximum absolute atomic E-state index is 12.8. The highest BCUT2D eigenvalue weighted by atomic mass is 32.2. The van der Waals surface area contributed by atoms with Gasteiger partial charge in [-0.2, -0.15) is 0 Å². The molecule has 0 heterocycles. The summed E-state index contributed by atoms with van der Waals surface area (Å²) >= 11 is 0. The van der Waals surface area contributed by atoms with E-state index in [9.17, 15) is 18.0 Å². The molecule has 3 aromatic carbocycles. The van der Waals surface area contributed by atoms with Crippen LogP contribution in [0.2, 0.25) is 0 Å². The molecule has 0 saturated heterocycles. The monoisotopic (exact) mass is 455 g/mol. The Morgan fingerprint density at radius 1 is 0.750 bits per heavy atom. The van der Waals surface area contributed by atoms with Crippen molar-refractivity contribution in [3.8, 4) is 11.5 Å². The van der Waals surface area contributed by atoms with Crippen molar-refractivity contribution in [2.45, 2.75) is 4.90 Å². The first kappa shape index (κ1) is 22.6. The zero-order chi connectivity index (χ0) is 23.1. The van der Waals surface area contributed by atoms with Gasteiger partial charge in [0.25, 0.3) is 21.8 Å². The van der Waals surface area contributed by atoms with Crippen molar-refractivity contribution < 1.29 is 27.5 Å². The van der Waals surface area contributed by atoms with E-state index in [1.807, 2.05) is 0 Å². The molecule has 0 saturated carbocycles. The fraction of sp³-hybridized carbons (Fsp3) is 0.0909. The highest BCUT2D eigenvalue weighted by molar-refractivity contribution is 7.92. The number of carbonyl (C=O) groups is 2. The van der Waals surface area contributed by atoms with Crippen LogP contribution in [0.25, 0.3) is 0 Å². The molecule has 3 aromatic rings. The molecule has 0 spiro atoms. The summed E-state index contributed by atoms with van der Waals surface area (Å²) in [6.07, 6.45) is 0. The largest absolute Gasteiger partial charge is 0.496 e. The molecule has 3 N–H and O–H groups in total. The minimum atomic E-state index is -4.00. The summed E-state index contributed by atoms with van der Waals surface area (Å²) in [6, 6.07) is 18.4. The van der Waals surface area contributed by atoms with Gasteiger partial charge >= 0.3 is 0 Å². The highest BCUT2D eigenvalue weighted by Crippen LogP contribution is 2.26. The number of sulfonamides is 1. The molecule has 0 aliphatic carbocycles. The molecule has 0 bridgehead atoms. The van der Waals surface area contributed by atoms with Crippen LogP contribution in [0.1, 0.15) is 20.7 Å². The summed E-state index contributed by atoms with van der Waals surface area (Å²) in [5.74, 6) is -0.584. The molecular formula is C22H21N3O6S. The zero-order valence-electron chi connectivity index (χ0n) is 17.3. The Balaban J connectivity index is 1.73. The Hall–Kier alpha value is -4.05. The van der Waals surface area contributed by atoms with Crippen LogP contribution in [-0.2, 0) is 10.0 Å². The highest BCUT2D eigenvalue weighted by Gasteiger charge is 2.19. The van der Waals surface area contributed by atoms with Crippen molar-refractivity contribution in [3.63, 3.8) is 0 Å². The van der Waals surface area contributed by atoms with Gasteiger partial charge in [-0.05, 0) is 42.5 Å². The lowest BCUT2D eigenvalue weighted by Gasteiger charge is -2.13. The molecule has 0 aliphatic heterocycles. The van der Waals surface area contributed by atoms with Gasteiger partial charge in [0.1, 0.15) is 11.5 Å². The summed E-state index contributed by atoms with van der Waals surface area (Å²) in [7, 11) is -1.14. The number of benzene rings is 3. The Morgan fingerprint density at radius 2 is 1.38 bits per heavy atom. The molecule has 0 atom stereocenters. The maximum Gasteiger partial charge on any atom is 0.273 e. The van der Waals surface area contributed by atoms with Crippen LogP contribution in [0.5, 0.6) is 11.5 Å². The van der Waals surface area contributed by atoms with E-state index in [1.165, 1.54) is 44.6 Å². The quantitative estimate of drug-likeness (QED) is 0.471. The number of hydrogen-bond donors (Lipinski definition) is 3. The molecule has 10 heteroatoms. The molecule has 166 valence electrons. The fourth-order valence-corrected chi connectivity index (χ4v) is 3.94. The van der Waals surface area contributed by atoms with Gasteiger partial charge in [-0.3, -0.25) is 25.2 Å².